The number of rotatable bonds is 8. The molecule has 0 saturated carbocycles. The third-order valence-corrected chi connectivity index (χ3v) is 3.27. The lowest BCUT2D eigenvalue weighted by molar-refractivity contribution is -0.107. The highest BCUT2D eigenvalue weighted by Crippen LogP contribution is 2.25. The van der Waals surface area contributed by atoms with Gasteiger partial charge in [0.05, 0.1) is 18.3 Å². The molecule has 5 nitrogen and oxygen atoms in total. The first-order valence-corrected chi connectivity index (χ1v) is 7.30. The van der Waals surface area contributed by atoms with Crippen LogP contribution in [0.15, 0.2) is 48.5 Å². The first-order chi connectivity index (χ1) is 11.1. The van der Waals surface area contributed by atoms with Gasteiger partial charge in [0.2, 0.25) is 6.41 Å². The maximum absolute atomic E-state index is 11.3. The van der Waals surface area contributed by atoms with E-state index in [1.807, 2.05) is 30.3 Å². The van der Waals surface area contributed by atoms with E-state index in [-0.39, 0.29) is 6.54 Å². The van der Waals surface area contributed by atoms with Gasteiger partial charge >= 0.3 is 0 Å². The fraction of sp³-hybridized carbons (Fsp3) is 0.222. The molecule has 2 aromatic carbocycles. The van der Waals surface area contributed by atoms with Gasteiger partial charge in [-0.1, -0.05) is 30.3 Å². The smallest absolute Gasteiger partial charge is 0.214 e. The highest BCUT2D eigenvalue weighted by molar-refractivity contribution is 5.90. The van der Waals surface area contributed by atoms with Crippen molar-refractivity contribution in [3.8, 4) is 5.75 Å². The predicted octanol–water partition coefficient (Wildman–Crippen LogP) is 2.42. The molecule has 1 amide bonds. The number of benzene rings is 2. The van der Waals surface area contributed by atoms with Crippen molar-refractivity contribution in [2.24, 2.45) is 0 Å². The van der Waals surface area contributed by atoms with Gasteiger partial charge in [-0.25, -0.2) is 0 Å². The second-order valence-electron chi connectivity index (χ2n) is 5.22. The van der Waals surface area contributed by atoms with E-state index in [2.05, 4.69) is 0 Å². The molecule has 0 unspecified atom stereocenters. The van der Waals surface area contributed by atoms with Crippen molar-refractivity contribution in [1.82, 2.24) is 0 Å². The molecule has 120 valence electrons. The van der Waals surface area contributed by atoms with Gasteiger partial charge in [0.25, 0.3) is 0 Å². The zero-order valence-electron chi connectivity index (χ0n) is 12.9. The number of aliphatic hydroxyl groups is 1. The van der Waals surface area contributed by atoms with Crippen LogP contribution in [0.3, 0.4) is 0 Å². The molecule has 0 aliphatic rings. The van der Waals surface area contributed by atoms with E-state index in [9.17, 15) is 14.7 Å². The van der Waals surface area contributed by atoms with Crippen molar-refractivity contribution in [3.05, 3.63) is 59.7 Å². The number of hydrogen-bond acceptors (Lipinski definition) is 4. The first kappa shape index (κ1) is 16.7. The van der Waals surface area contributed by atoms with Gasteiger partial charge in [0, 0.05) is 11.6 Å². The maximum Gasteiger partial charge on any atom is 0.214 e. The summed E-state index contributed by atoms with van der Waals surface area (Å²) in [4.78, 5) is 23.7. The van der Waals surface area contributed by atoms with E-state index in [0.29, 0.717) is 36.3 Å². The summed E-state index contributed by atoms with van der Waals surface area (Å²) in [5, 5.41) is 9.48. The van der Waals surface area contributed by atoms with E-state index in [1.165, 1.54) is 4.90 Å². The van der Waals surface area contributed by atoms with Crippen LogP contribution in [0.5, 0.6) is 5.75 Å². The summed E-state index contributed by atoms with van der Waals surface area (Å²) >= 11 is 0. The van der Waals surface area contributed by atoms with E-state index in [0.717, 1.165) is 5.56 Å². The van der Waals surface area contributed by atoms with Crippen LogP contribution >= 0.6 is 0 Å². The molecule has 0 aromatic heterocycles. The Hall–Kier alpha value is -2.66. The number of anilines is 1. The van der Waals surface area contributed by atoms with E-state index in [1.54, 1.807) is 25.1 Å². The van der Waals surface area contributed by atoms with E-state index in [4.69, 9.17) is 4.74 Å². The molecule has 0 spiro atoms. The summed E-state index contributed by atoms with van der Waals surface area (Å²) in [5.41, 5.74) is 1.80. The van der Waals surface area contributed by atoms with Crippen molar-refractivity contribution >= 4 is 18.4 Å². The summed E-state index contributed by atoms with van der Waals surface area (Å²) in [6.45, 7) is 2.07. The summed E-state index contributed by atoms with van der Waals surface area (Å²) in [7, 11) is 0. The number of nitrogens with zero attached hydrogens (tertiary/aromatic N) is 1. The lowest BCUT2D eigenvalue weighted by Crippen LogP contribution is -2.30. The Morgan fingerprint density at radius 2 is 1.91 bits per heavy atom. The molecular formula is C18H19NO4. The molecule has 0 radical (unpaired) electrons. The number of amides is 1. The van der Waals surface area contributed by atoms with Crippen LogP contribution in [-0.2, 0) is 11.4 Å². The highest BCUT2D eigenvalue weighted by Gasteiger charge is 2.14. The second-order valence-corrected chi connectivity index (χ2v) is 5.22. The summed E-state index contributed by atoms with van der Waals surface area (Å²) in [6.07, 6.45) is 0.568. The van der Waals surface area contributed by atoms with Gasteiger partial charge in [-0.3, -0.25) is 9.59 Å². The number of hydrogen-bond donors (Lipinski definition) is 1. The Morgan fingerprint density at radius 1 is 1.17 bits per heavy atom. The normalized spacial score (nSPS) is 11.6. The van der Waals surface area contributed by atoms with Gasteiger partial charge in [-0.15, -0.1) is 0 Å². The summed E-state index contributed by atoms with van der Waals surface area (Å²) in [6, 6.07) is 14.6. The van der Waals surface area contributed by atoms with Crippen LogP contribution < -0.4 is 9.64 Å². The molecule has 0 saturated heterocycles. The van der Waals surface area contributed by atoms with Crippen LogP contribution in [0.25, 0.3) is 0 Å². The average molecular weight is 313 g/mol. The van der Waals surface area contributed by atoms with Gasteiger partial charge in [0.1, 0.15) is 12.4 Å². The average Bonchev–Trinajstić information content (AvgIpc) is 2.58. The predicted molar refractivity (Wildman–Crippen MR) is 87.7 cm³/mol. The molecule has 1 N–H and O–H groups in total. The quantitative estimate of drug-likeness (QED) is 0.760. The molecular weight excluding hydrogens is 294 g/mol. The van der Waals surface area contributed by atoms with E-state index >= 15 is 0 Å². The zero-order chi connectivity index (χ0) is 16.7. The fourth-order valence-corrected chi connectivity index (χ4v) is 2.19. The molecule has 0 aliphatic carbocycles. The number of carbonyl (C=O) groups is 2. The molecule has 0 fully saturated rings. The monoisotopic (exact) mass is 313 g/mol. The van der Waals surface area contributed by atoms with Gasteiger partial charge in [-0.2, -0.15) is 0 Å². The maximum atomic E-state index is 11.3. The molecule has 2 aromatic rings. The Bertz CT molecular complexity index is 655. The van der Waals surface area contributed by atoms with Crippen LogP contribution in [0.1, 0.15) is 22.8 Å². The molecule has 0 aliphatic heterocycles. The zero-order valence-corrected chi connectivity index (χ0v) is 12.9. The lowest BCUT2D eigenvalue weighted by atomic mass is 10.1. The van der Waals surface area contributed by atoms with Crippen molar-refractivity contribution in [2.75, 3.05) is 11.4 Å². The van der Waals surface area contributed by atoms with Gasteiger partial charge in [0.15, 0.2) is 6.29 Å². The molecule has 1 atom stereocenters. The minimum absolute atomic E-state index is 0.104. The number of aliphatic hydroxyl groups excluding tert-OH is 1. The minimum atomic E-state index is -0.700. The fourth-order valence-electron chi connectivity index (χ4n) is 2.19. The molecule has 0 bridgehead atoms. The van der Waals surface area contributed by atoms with Crippen LogP contribution in [0, 0.1) is 0 Å². The topological polar surface area (TPSA) is 66.8 Å². The van der Waals surface area contributed by atoms with Crippen molar-refractivity contribution in [1.29, 1.82) is 0 Å². The van der Waals surface area contributed by atoms with Gasteiger partial charge in [-0.05, 0) is 24.6 Å². The SMILES string of the molecule is C[C@@H](O)CN(C=O)c1cc(OCc2ccccc2)ccc1C=O. The van der Waals surface area contributed by atoms with Crippen molar-refractivity contribution < 1.29 is 19.4 Å². The number of carbonyl (C=O) groups excluding carboxylic acids is 2. The van der Waals surface area contributed by atoms with Gasteiger partial charge < -0.3 is 14.7 Å². The molecule has 0 heterocycles. The second kappa shape index (κ2) is 8.10. The van der Waals surface area contributed by atoms with Crippen LogP contribution in [-0.4, -0.2) is 30.5 Å². The van der Waals surface area contributed by atoms with Crippen LogP contribution in [0.4, 0.5) is 5.69 Å². The molecule has 23 heavy (non-hydrogen) atoms. The first-order valence-electron chi connectivity index (χ1n) is 7.30. The third kappa shape index (κ3) is 4.66. The van der Waals surface area contributed by atoms with Crippen molar-refractivity contribution in [3.63, 3.8) is 0 Å². The molecule has 2 rings (SSSR count). The van der Waals surface area contributed by atoms with E-state index < -0.39 is 6.10 Å². The Morgan fingerprint density at radius 3 is 2.52 bits per heavy atom. The molecule has 5 heteroatoms. The minimum Gasteiger partial charge on any atom is -0.489 e. The number of ether oxygens (including phenoxy) is 1. The Labute approximate surface area is 135 Å². The Balaban J connectivity index is 2.20. The lowest BCUT2D eigenvalue weighted by Gasteiger charge is -2.21. The number of aldehydes is 1. The standard InChI is InChI=1S/C18H19NO4/c1-14(22)10-19(13-21)18-9-17(8-7-16(18)11-20)23-12-15-5-3-2-4-6-15/h2-9,11,13-14,22H,10,12H2,1H3/t14-/m1/s1. The largest absolute Gasteiger partial charge is 0.489 e. The summed E-state index contributed by atoms with van der Waals surface area (Å²) in [5.74, 6) is 0.548. The Kier molecular flexibility index (Phi) is 5.88. The highest BCUT2D eigenvalue weighted by atomic mass is 16.5. The van der Waals surface area contributed by atoms with Crippen molar-refractivity contribution in [2.45, 2.75) is 19.6 Å². The summed E-state index contributed by atoms with van der Waals surface area (Å²) < 4.78 is 5.71. The third-order valence-electron chi connectivity index (χ3n) is 3.27. The van der Waals surface area contributed by atoms with Crippen LogP contribution in [0.2, 0.25) is 0 Å².